The minimum absolute atomic E-state index is 0.00593. The molecule has 70 valence electrons. The van der Waals surface area contributed by atoms with Crippen molar-refractivity contribution in [3.63, 3.8) is 0 Å². The van der Waals surface area contributed by atoms with Gasteiger partial charge in [0, 0.05) is 11.8 Å². The molecule has 0 atom stereocenters. The highest BCUT2D eigenvalue weighted by atomic mass is 19.1. The Hall–Kier alpha value is -1.38. The molecule has 0 fully saturated rings. The van der Waals surface area contributed by atoms with Gasteiger partial charge in [-0.25, -0.2) is 4.39 Å². The summed E-state index contributed by atoms with van der Waals surface area (Å²) in [6, 6.07) is 2.45. The van der Waals surface area contributed by atoms with Gasteiger partial charge in [-0.15, -0.1) is 0 Å². The average molecular weight is 181 g/mol. The second-order valence-electron chi connectivity index (χ2n) is 3.23. The van der Waals surface area contributed by atoms with Crippen LogP contribution < -0.4 is 0 Å². The molecule has 1 rings (SSSR count). The van der Waals surface area contributed by atoms with Crippen molar-refractivity contribution in [2.45, 2.75) is 19.8 Å². The van der Waals surface area contributed by atoms with Crippen molar-refractivity contribution in [2.24, 2.45) is 0 Å². The zero-order valence-electron chi connectivity index (χ0n) is 7.63. The third-order valence-electron chi connectivity index (χ3n) is 1.91. The number of nitrogens with one attached hydrogen (secondary N) is 1. The standard InChI is InChI=1S/C10H12FNO/c1-6(2)9-4-8(11)3-7(5-12)10(9)13/h3-6,12-13H,1-2H3. The number of rotatable bonds is 2. The molecule has 0 radical (unpaired) electrons. The number of benzene rings is 1. The van der Waals surface area contributed by atoms with Gasteiger partial charge in [-0.05, 0) is 23.6 Å². The highest BCUT2D eigenvalue weighted by Crippen LogP contribution is 2.28. The molecule has 0 aliphatic heterocycles. The molecule has 0 amide bonds. The first-order chi connectivity index (χ1) is 6.06. The summed E-state index contributed by atoms with van der Waals surface area (Å²) >= 11 is 0. The molecule has 0 unspecified atom stereocenters. The molecule has 0 bridgehead atoms. The normalized spacial score (nSPS) is 10.5. The topological polar surface area (TPSA) is 44.1 Å². The van der Waals surface area contributed by atoms with Gasteiger partial charge in [-0.2, -0.15) is 0 Å². The van der Waals surface area contributed by atoms with Crippen LogP contribution in [-0.2, 0) is 0 Å². The Morgan fingerprint density at radius 1 is 1.46 bits per heavy atom. The lowest BCUT2D eigenvalue weighted by Gasteiger charge is -2.10. The van der Waals surface area contributed by atoms with Crippen LogP contribution in [0.25, 0.3) is 0 Å². The molecule has 0 aliphatic rings. The number of phenolic OH excluding ortho intramolecular Hbond substituents is 1. The Bertz CT molecular complexity index is 334. The van der Waals surface area contributed by atoms with Gasteiger partial charge < -0.3 is 10.5 Å². The van der Waals surface area contributed by atoms with Gasteiger partial charge in [-0.3, -0.25) is 0 Å². The monoisotopic (exact) mass is 181 g/mol. The summed E-state index contributed by atoms with van der Waals surface area (Å²) in [4.78, 5) is 0. The fourth-order valence-corrected chi connectivity index (χ4v) is 1.19. The van der Waals surface area contributed by atoms with E-state index in [0.717, 1.165) is 12.3 Å². The summed E-state index contributed by atoms with van der Waals surface area (Å²) in [5.74, 6) is -0.360. The van der Waals surface area contributed by atoms with Gasteiger partial charge in [0.1, 0.15) is 11.6 Å². The van der Waals surface area contributed by atoms with Crippen LogP contribution in [0.2, 0.25) is 0 Å². The van der Waals surface area contributed by atoms with Gasteiger partial charge in [0.2, 0.25) is 0 Å². The molecule has 1 aromatic carbocycles. The minimum atomic E-state index is -0.417. The van der Waals surface area contributed by atoms with Crippen LogP contribution in [0.3, 0.4) is 0 Å². The lowest BCUT2D eigenvalue weighted by Crippen LogP contribution is -1.94. The summed E-state index contributed by atoms with van der Waals surface area (Å²) in [7, 11) is 0. The van der Waals surface area contributed by atoms with Crippen LogP contribution in [-0.4, -0.2) is 11.3 Å². The molecular weight excluding hydrogens is 169 g/mol. The molecule has 0 aromatic heterocycles. The van der Waals surface area contributed by atoms with E-state index in [0.29, 0.717) is 5.56 Å². The Kier molecular flexibility index (Phi) is 2.66. The first kappa shape index (κ1) is 9.71. The highest BCUT2D eigenvalue weighted by molar-refractivity contribution is 5.81. The van der Waals surface area contributed by atoms with Crippen LogP contribution in [0.4, 0.5) is 4.39 Å². The average Bonchev–Trinajstić information content (AvgIpc) is 2.08. The van der Waals surface area contributed by atoms with Gasteiger partial charge >= 0.3 is 0 Å². The molecule has 0 spiro atoms. The SMILES string of the molecule is CC(C)c1cc(F)cc(C=N)c1O. The van der Waals surface area contributed by atoms with Crippen LogP contribution in [0, 0.1) is 11.2 Å². The van der Waals surface area contributed by atoms with Gasteiger partial charge in [-0.1, -0.05) is 13.8 Å². The fourth-order valence-electron chi connectivity index (χ4n) is 1.19. The van der Waals surface area contributed by atoms with Crippen LogP contribution in [0.1, 0.15) is 30.9 Å². The molecule has 3 heteroatoms. The van der Waals surface area contributed by atoms with Gasteiger partial charge in [0.05, 0.1) is 0 Å². The summed E-state index contributed by atoms with van der Waals surface area (Å²) in [6.07, 6.45) is 0.949. The van der Waals surface area contributed by atoms with E-state index in [1.54, 1.807) is 0 Å². The molecule has 2 N–H and O–H groups in total. The van der Waals surface area contributed by atoms with E-state index in [1.165, 1.54) is 6.07 Å². The molecule has 0 saturated carbocycles. The van der Waals surface area contributed by atoms with Crippen molar-refractivity contribution >= 4 is 6.21 Å². The quantitative estimate of drug-likeness (QED) is 0.677. The Morgan fingerprint density at radius 2 is 2.08 bits per heavy atom. The smallest absolute Gasteiger partial charge is 0.127 e. The summed E-state index contributed by atoms with van der Waals surface area (Å²) in [6.45, 7) is 3.73. The maximum absolute atomic E-state index is 12.9. The molecule has 2 nitrogen and oxygen atoms in total. The predicted octanol–water partition coefficient (Wildman–Crippen LogP) is 2.65. The summed E-state index contributed by atoms with van der Waals surface area (Å²) < 4.78 is 12.9. The van der Waals surface area contributed by atoms with Crippen molar-refractivity contribution in [3.8, 4) is 5.75 Å². The molecule has 0 aliphatic carbocycles. The highest BCUT2D eigenvalue weighted by Gasteiger charge is 2.11. The maximum Gasteiger partial charge on any atom is 0.127 e. The molecule has 13 heavy (non-hydrogen) atoms. The number of phenols is 1. The third kappa shape index (κ3) is 1.86. The van der Waals surface area contributed by atoms with E-state index in [2.05, 4.69) is 0 Å². The number of hydrogen-bond donors (Lipinski definition) is 2. The largest absolute Gasteiger partial charge is 0.507 e. The van der Waals surface area contributed by atoms with E-state index < -0.39 is 5.82 Å². The van der Waals surface area contributed by atoms with Crippen LogP contribution >= 0.6 is 0 Å². The second-order valence-corrected chi connectivity index (χ2v) is 3.23. The van der Waals surface area contributed by atoms with E-state index in [4.69, 9.17) is 5.41 Å². The van der Waals surface area contributed by atoms with E-state index >= 15 is 0 Å². The fraction of sp³-hybridized carbons (Fsp3) is 0.300. The number of hydrogen-bond acceptors (Lipinski definition) is 2. The van der Waals surface area contributed by atoms with E-state index in [9.17, 15) is 9.50 Å². The van der Waals surface area contributed by atoms with Crippen LogP contribution in [0.5, 0.6) is 5.75 Å². The zero-order valence-corrected chi connectivity index (χ0v) is 7.63. The maximum atomic E-state index is 12.9. The first-order valence-electron chi connectivity index (χ1n) is 4.09. The van der Waals surface area contributed by atoms with Crippen LogP contribution in [0.15, 0.2) is 12.1 Å². The van der Waals surface area contributed by atoms with Crippen molar-refractivity contribution in [1.82, 2.24) is 0 Å². The first-order valence-corrected chi connectivity index (χ1v) is 4.09. The third-order valence-corrected chi connectivity index (χ3v) is 1.91. The van der Waals surface area contributed by atoms with Crippen molar-refractivity contribution in [3.05, 3.63) is 29.1 Å². The molecule has 1 aromatic rings. The number of halogens is 1. The molecule has 0 saturated heterocycles. The summed E-state index contributed by atoms with van der Waals surface area (Å²) in [5, 5.41) is 16.5. The van der Waals surface area contributed by atoms with Gasteiger partial charge in [0.25, 0.3) is 0 Å². The van der Waals surface area contributed by atoms with E-state index in [-0.39, 0.29) is 17.2 Å². The van der Waals surface area contributed by atoms with Gasteiger partial charge in [0.15, 0.2) is 0 Å². The second kappa shape index (κ2) is 3.56. The van der Waals surface area contributed by atoms with E-state index in [1.807, 2.05) is 13.8 Å². The summed E-state index contributed by atoms with van der Waals surface area (Å²) in [5.41, 5.74) is 0.766. The lowest BCUT2D eigenvalue weighted by atomic mass is 9.99. The Balaban J connectivity index is 3.35. The lowest BCUT2D eigenvalue weighted by molar-refractivity contribution is 0.461. The van der Waals surface area contributed by atoms with Crippen molar-refractivity contribution in [2.75, 3.05) is 0 Å². The van der Waals surface area contributed by atoms with Crippen molar-refractivity contribution < 1.29 is 9.50 Å². The number of aromatic hydroxyl groups is 1. The van der Waals surface area contributed by atoms with Crippen molar-refractivity contribution in [1.29, 1.82) is 5.41 Å². The Labute approximate surface area is 76.5 Å². The zero-order chi connectivity index (χ0) is 10.0. The molecule has 0 heterocycles. The Morgan fingerprint density at radius 3 is 2.54 bits per heavy atom. The minimum Gasteiger partial charge on any atom is -0.507 e. The predicted molar refractivity (Wildman–Crippen MR) is 50.0 cm³/mol. The molecular formula is C10H12FNO.